The molecule has 8 aliphatic carbocycles. The summed E-state index contributed by atoms with van der Waals surface area (Å²) in [6, 6.07) is 44.1. The molecule has 0 amide bonds. The zero-order chi connectivity index (χ0) is 47.4. The molecule has 2 unspecified atom stereocenters. The molecule has 0 N–H and O–H groups in total. The van der Waals surface area contributed by atoms with Gasteiger partial charge in [-0.1, -0.05) is 72.8 Å². The molecule has 11 aliphatic rings. The predicted molar refractivity (Wildman–Crippen MR) is 284 cm³/mol. The summed E-state index contributed by atoms with van der Waals surface area (Å²) in [5, 5.41) is -0.296. The van der Waals surface area contributed by atoms with Gasteiger partial charge in [-0.2, -0.15) is 0 Å². The Bertz CT molecular complexity index is 3120. The molecule has 2 atom stereocenters. The summed E-state index contributed by atoms with van der Waals surface area (Å²) in [4.78, 5) is 4.77. The van der Waals surface area contributed by atoms with Gasteiger partial charge >= 0.3 is 0 Å². The van der Waals surface area contributed by atoms with Gasteiger partial charge in [0.1, 0.15) is 22.4 Å². The van der Waals surface area contributed by atoms with E-state index in [1.54, 1.807) is 11.1 Å². The predicted octanol–water partition coefficient (Wildman–Crippen LogP) is 14.9. The molecular formula is C64H67N2O4P. The first-order valence-electron chi connectivity index (χ1n) is 27.2. The van der Waals surface area contributed by atoms with E-state index in [0.717, 1.165) is 104 Å². The number of nitrogens with zero attached hydrogens (tertiary/aromatic N) is 2. The van der Waals surface area contributed by atoms with E-state index in [0.29, 0.717) is 30.0 Å². The maximum Gasteiger partial charge on any atom is 0.292 e. The third kappa shape index (κ3) is 6.54. The monoisotopic (exact) mass is 958 g/mol. The molecule has 0 radical (unpaired) electrons. The summed E-state index contributed by atoms with van der Waals surface area (Å²) in [5.74, 6) is 8.13. The van der Waals surface area contributed by atoms with Crippen molar-refractivity contribution in [3.63, 3.8) is 0 Å². The van der Waals surface area contributed by atoms with E-state index < -0.39 is 12.5 Å². The number of anilines is 2. The minimum absolute atomic E-state index is 0.338. The molecule has 71 heavy (non-hydrogen) atoms. The summed E-state index contributed by atoms with van der Waals surface area (Å²) in [6.07, 6.45) is 16.9. The van der Waals surface area contributed by atoms with Gasteiger partial charge in [-0.3, -0.25) is 4.57 Å². The molecule has 362 valence electrons. The first-order chi connectivity index (χ1) is 34.5. The second-order valence-corrected chi connectivity index (χ2v) is 27.4. The average molecular weight is 959 g/mol. The maximum absolute atomic E-state index is 16.7. The smallest absolute Gasteiger partial charge is 0.292 e. The van der Waals surface area contributed by atoms with Crippen molar-refractivity contribution in [1.82, 2.24) is 0 Å². The molecule has 0 aromatic heterocycles. The van der Waals surface area contributed by atoms with Crippen LogP contribution in [0.5, 0.6) is 17.2 Å². The van der Waals surface area contributed by atoms with E-state index >= 15 is 4.57 Å². The SMILES string of the molecule is Cc1cc(C(C)(c2ccc(N3COc4ccc(C56CC7CC(CC(C7)C5)C6)cc4C3)cc2)P2(=O)Oc3ccccc3-c3ccccc32)cc(C)c1N1COc2ccc(C34CC5CC(CC(C5)C3)C4)cc2C1. The second-order valence-electron chi connectivity index (χ2n) is 24.7. The minimum atomic E-state index is -3.76. The van der Waals surface area contributed by atoms with Crippen LogP contribution in [-0.4, -0.2) is 13.5 Å². The topological polar surface area (TPSA) is 51.2 Å². The molecule has 0 spiro atoms. The van der Waals surface area contributed by atoms with E-state index in [1.165, 1.54) is 93.9 Å². The number of ether oxygens (including phenoxy) is 2. The van der Waals surface area contributed by atoms with Gasteiger partial charge in [0.05, 0.1) is 5.30 Å². The van der Waals surface area contributed by atoms with Crippen LogP contribution in [0.15, 0.2) is 121 Å². The molecule has 6 aromatic rings. The fourth-order valence-corrected chi connectivity index (χ4v) is 20.8. The third-order valence-corrected chi connectivity index (χ3v) is 23.4. The molecule has 6 aromatic carbocycles. The highest BCUT2D eigenvalue weighted by molar-refractivity contribution is 7.69. The van der Waals surface area contributed by atoms with E-state index in [4.69, 9.17) is 14.0 Å². The molecule has 7 heteroatoms. The van der Waals surface area contributed by atoms with Gasteiger partial charge in [0.25, 0.3) is 7.37 Å². The van der Waals surface area contributed by atoms with Crippen LogP contribution in [-0.2, 0) is 33.6 Å². The lowest BCUT2D eigenvalue weighted by molar-refractivity contribution is -0.00538. The Hall–Kier alpha value is -5.45. The van der Waals surface area contributed by atoms with Crippen LogP contribution < -0.4 is 29.1 Å². The van der Waals surface area contributed by atoms with Crippen molar-refractivity contribution in [3.8, 4) is 28.4 Å². The van der Waals surface area contributed by atoms with E-state index in [1.807, 2.05) is 30.3 Å². The number of fused-ring (bicyclic) bond motifs is 5. The number of hydrogen-bond donors (Lipinski definition) is 0. The van der Waals surface area contributed by atoms with Crippen molar-refractivity contribution in [2.75, 3.05) is 23.3 Å². The Kier molecular flexibility index (Phi) is 9.44. The van der Waals surface area contributed by atoms with Crippen LogP contribution in [0, 0.1) is 49.4 Å². The van der Waals surface area contributed by atoms with Gasteiger partial charge in [-0.05, 0) is 232 Å². The first kappa shape index (κ1) is 43.2. The van der Waals surface area contributed by atoms with Crippen molar-refractivity contribution in [2.45, 2.75) is 127 Å². The van der Waals surface area contributed by atoms with Gasteiger partial charge in [-0.15, -0.1) is 0 Å². The fourth-order valence-electron chi connectivity index (χ4n) is 17.9. The Morgan fingerprint density at radius 1 is 0.521 bits per heavy atom. The molecule has 3 aliphatic heterocycles. The average Bonchev–Trinajstić information content (AvgIpc) is 3.37. The lowest BCUT2D eigenvalue weighted by Gasteiger charge is -2.57. The molecule has 17 rings (SSSR count). The Morgan fingerprint density at radius 3 is 1.55 bits per heavy atom. The second kappa shape index (κ2) is 15.5. The zero-order valence-electron chi connectivity index (χ0n) is 41.8. The molecule has 6 nitrogen and oxygen atoms in total. The maximum atomic E-state index is 16.7. The highest BCUT2D eigenvalue weighted by Crippen LogP contribution is 2.70. The normalized spacial score (nSPS) is 32.2. The Labute approximate surface area is 420 Å². The number of aryl methyl sites for hydroxylation is 2. The van der Waals surface area contributed by atoms with Crippen molar-refractivity contribution < 1.29 is 18.6 Å². The van der Waals surface area contributed by atoms with E-state index in [2.05, 4.69) is 122 Å². The van der Waals surface area contributed by atoms with Crippen LogP contribution in [0.4, 0.5) is 11.4 Å². The van der Waals surface area contributed by atoms with Gasteiger partial charge in [0, 0.05) is 41.2 Å². The van der Waals surface area contributed by atoms with Crippen LogP contribution in [0.2, 0.25) is 0 Å². The van der Waals surface area contributed by atoms with Crippen molar-refractivity contribution >= 4 is 24.0 Å². The largest absolute Gasteiger partial charge is 0.473 e. The fraction of sp³-hybridized carbons (Fsp3) is 0.438. The van der Waals surface area contributed by atoms with Crippen molar-refractivity contribution in [1.29, 1.82) is 0 Å². The standard InChI is InChI=1S/C64H67N2O4P/c1-40-20-53(21-41(2)61(40)66-37-49-29-52(15-19-58(49)69-39-66)64-33-45-25-46(34-64)27-47(26-45)35-64)62(3,71(67)60-11-7-5-9-56(60)55-8-4-6-10-59(55)70-71)50-12-16-54(17-13-50)65-36-48-28-51(14-18-57(48)68-38-65)63-30-42-22-43(31-63)24-44(23-42)32-63/h4-21,28-29,42-47H,22-27,30-39H2,1-3H3. The number of para-hydroxylation sites is 1. The quantitative estimate of drug-likeness (QED) is 0.149. The molecular weight excluding hydrogens is 892 g/mol. The van der Waals surface area contributed by atoms with E-state index in [9.17, 15) is 0 Å². The highest BCUT2D eigenvalue weighted by atomic mass is 31.2. The lowest BCUT2D eigenvalue weighted by Crippen LogP contribution is -2.48. The van der Waals surface area contributed by atoms with Gasteiger partial charge in [-0.25, -0.2) is 0 Å². The third-order valence-electron chi connectivity index (χ3n) is 20.3. The first-order valence-corrected chi connectivity index (χ1v) is 28.9. The summed E-state index contributed by atoms with van der Waals surface area (Å²) >= 11 is 0. The number of hydrogen-bond acceptors (Lipinski definition) is 6. The summed E-state index contributed by atoms with van der Waals surface area (Å²) in [7, 11) is -3.76. The van der Waals surface area contributed by atoms with Gasteiger partial charge in [0.15, 0.2) is 13.5 Å². The summed E-state index contributed by atoms with van der Waals surface area (Å²) in [6.45, 7) is 9.19. The van der Waals surface area contributed by atoms with E-state index in [-0.39, 0.29) is 0 Å². The molecule has 3 heterocycles. The molecule has 8 fully saturated rings. The Morgan fingerprint density at radius 2 is 1.00 bits per heavy atom. The van der Waals surface area contributed by atoms with Crippen LogP contribution >= 0.6 is 7.37 Å². The Balaban J connectivity index is 0.777. The number of rotatable bonds is 7. The van der Waals surface area contributed by atoms with Crippen LogP contribution in [0.1, 0.15) is 128 Å². The number of benzene rings is 6. The molecule has 0 saturated heterocycles. The van der Waals surface area contributed by atoms with Crippen molar-refractivity contribution in [3.05, 3.63) is 166 Å². The zero-order valence-corrected chi connectivity index (χ0v) is 42.7. The minimum Gasteiger partial charge on any atom is -0.473 e. The lowest BCUT2D eigenvalue weighted by atomic mass is 9.48. The molecule has 8 bridgehead atoms. The van der Waals surface area contributed by atoms with Crippen LogP contribution in [0.25, 0.3) is 11.1 Å². The van der Waals surface area contributed by atoms with Crippen molar-refractivity contribution in [2.24, 2.45) is 35.5 Å². The summed E-state index contributed by atoms with van der Waals surface area (Å²) < 4.78 is 36.9. The van der Waals surface area contributed by atoms with Gasteiger partial charge < -0.3 is 23.8 Å². The summed E-state index contributed by atoms with van der Waals surface area (Å²) in [5.41, 5.74) is 14.8. The molecule has 8 saturated carbocycles. The highest BCUT2D eigenvalue weighted by Gasteiger charge is 2.55. The van der Waals surface area contributed by atoms with Crippen LogP contribution in [0.3, 0.4) is 0 Å². The van der Waals surface area contributed by atoms with Gasteiger partial charge in [0.2, 0.25) is 0 Å².